The summed E-state index contributed by atoms with van der Waals surface area (Å²) in [6.07, 6.45) is 0.957. The zero-order valence-corrected chi connectivity index (χ0v) is 12.9. The molecule has 0 bridgehead atoms. The fourth-order valence-electron chi connectivity index (χ4n) is 2.84. The summed E-state index contributed by atoms with van der Waals surface area (Å²) in [6.45, 7) is 10.7. The normalized spacial score (nSPS) is 14.0. The Labute approximate surface area is 126 Å². The van der Waals surface area contributed by atoms with Gasteiger partial charge in [0, 0.05) is 11.1 Å². The summed E-state index contributed by atoms with van der Waals surface area (Å²) in [7, 11) is 0. The minimum absolute atomic E-state index is 0.923. The van der Waals surface area contributed by atoms with Gasteiger partial charge in [0.05, 0.1) is 0 Å². The Hall–Kier alpha value is -2.28. The van der Waals surface area contributed by atoms with Crippen LogP contribution in [-0.2, 0) is 6.42 Å². The maximum atomic E-state index is 6.30. The van der Waals surface area contributed by atoms with Gasteiger partial charge in [-0.2, -0.15) is 0 Å². The number of ether oxygens (including phenoxy) is 1. The highest BCUT2D eigenvalue weighted by Gasteiger charge is 2.24. The number of aryl methyl sites for hydroxylation is 2. The van der Waals surface area contributed by atoms with Crippen LogP contribution in [0.4, 0.5) is 0 Å². The van der Waals surface area contributed by atoms with E-state index in [0.717, 1.165) is 40.2 Å². The van der Waals surface area contributed by atoms with Gasteiger partial charge in [0.15, 0.2) is 0 Å². The predicted octanol–water partition coefficient (Wildman–Crippen LogP) is 5.39. The quantitative estimate of drug-likeness (QED) is 0.714. The molecule has 0 aliphatic carbocycles. The summed E-state index contributed by atoms with van der Waals surface area (Å²) in [5.74, 6) is 1.89. The van der Waals surface area contributed by atoms with Crippen molar-refractivity contribution in [2.45, 2.75) is 27.2 Å². The van der Waals surface area contributed by atoms with Crippen LogP contribution >= 0.6 is 0 Å². The first kappa shape index (κ1) is 13.7. The molecule has 0 atom stereocenters. The van der Waals surface area contributed by atoms with E-state index in [0.29, 0.717) is 0 Å². The molecule has 2 aromatic carbocycles. The second-order valence-electron chi connectivity index (χ2n) is 5.56. The molecule has 0 amide bonds. The number of hydrogen-bond donors (Lipinski definition) is 0. The Morgan fingerprint density at radius 2 is 1.76 bits per heavy atom. The molecule has 3 rings (SSSR count). The SMILES string of the molecule is C=C1C(C)=C(c2ccccc2)Oc2c(CC)cc(C)cc21. The predicted molar refractivity (Wildman–Crippen MR) is 89.3 cm³/mol. The van der Waals surface area contributed by atoms with Gasteiger partial charge in [0.1, 0.15) is 11.5 Å². The first-order chi connectivity index (χ1) is 10.1. The Kier molecular flexibility index (Phi) is 3.42. The molecule has 0 radical (unpaired) electrons. The second-order valence-corrected chi connectivity index (χ2v) is 5.56. The molecule has 1 heteroatoms. The van der Waals surface area contributed by atoms with E-state index < -0.39 is 0 Å². The summed E-state index contributed by atoms with van der Waals surface area (Å²) >= 11 is 0. The first-order valence-electron chi connectivity index (χ1n) is 7.39. The lowest BCUT2D eigenvalue weighted by molar-refractivity contribution is 0.498. The van der Waals surface area contributed by atoms with Gasteiger partial charge in [-0.05, 0) is 48.6 Å². The lowest BCUT2D eigenvalue weighted by Crippen LogP contribution is -2.09. The van der Waals surface area contributed by atoms with E-state index in [1.165, 1.54) is 11.1 Å². The van der Waals surface area contributed by atoms with Gasteiger partial charge in [0.25, 0.3) is 0 Å². The van der Waals surface area contributed by atoms with Gasteiger partial charge in [-0.3, -0.25) is 0 Å². The molecule has 0 aromatic heterocycles. The summed E-state index contributed by atoms with van der Waals surface area (Å²) in [6, 6.07) is 14.6. The number of rotatable bonds is 2. The molecule has 0 unspecified atom stereocenters. The van der Waals surface area contributed by atoms with Crippen molar-refractivity contribution in [3.8, 4) is 5.75 Å². The summed E-state index contributed by atoms with van der Waals surface area (Å²) in [4.78, 5) is 0. The standard InChI is InChI=1S/C20H20O/c1-5-16-11-13(2)12-18-14(3)15(4)19(21-20(16)18)17-9-7-6-8-10-17/h6-12H,3,5H2,1-2,4H3. The average molecular weight is 276 g/mol. The summed E-state index contributed by atoms with van der Waals surface area (Å²) in [5, 5.41) is 0. The van der Waals surface area contributed by atoms with E-state index in [-0.39, 0.29) is 0 Å². The number of hydrogen-bond acceptors (Lipinski definition) is 1. The van der Waals surface area contributed by atoms with Crippen molar-refractivity contribution >= 4 is 11.3 Å². The van der Waals surface area contributed by atoms with Crippen LogP contribution in [0, 0.1) is 6.92 Å². The second kappa shape index (κ2) is 5.25. The minimum atomic E-state index is 0.923. The van der Waals surface area contributed by atoms with E-state index in [1.54, 1.807) is 0 Å². The third-order valence-electron chi connectivity index (χ3n) is 4.05. The Balaban J connectivity index is 2.18. The highest BCUT2D eigenvalue weighted by Crippen LogP contribution is 2.43. The van der Waals surface area contributed by atoms with Gasteiger partial charge >= 0.3 is 0 Å². The fourth-order valence-corrected chi connectivity index (χ4v) is 2.84. The Morgan fingerprint density at radius 1 is 1.05 bits per heavy atom. The molecule has 2 aromatic rings. The molecule has 1 aliphatic heterocycles. The Bertz CT molecular complexity index is 736. The molecule has 106 valence electrons. The molecule has 0 fully saturated rings. The molecule has 0 saturated heterocycles. The smallest absolute Gasteiger partial charge is 0.138 e. The monoisotopic (exact) mass is 276 g/mol. The molecule has 1 nitrogen and oxygen atoms in total. The molecule has 0 N–H and O–H groups in total. The molecule has 0 saturated carbocycles. The van der Waals surface area contributed by atoms with Gasteiger partial charge in [-0.1, -0.05) is 49.9 Å². The molecule has 0 spiro atoms. The van der Waals surface area contributed by atoms with Crippen molar-refractivity contribution in [2.75, 3.05) is 0 Å². The molecule has 21 heavy (non-hydrogen) atoms. The fraction of sp³-hybridized carbons (Fsp3) is 0.200. The highest BCUT2D eigenvalue weighted by atomic mass is 16.5. The Morgan fingerprint density at radius 3 is 2.43 bits per heavy atom. The highest BCUT2D eigenvalue weighted by molar-refractivity contribution is 5.92. The van der Waals surface area contributed by atoms with Crippen molar-refractivity contribution in [1.29, 1.82) is 0 Å². The first-order valence-corrected chi connectivity index (χ1v) is 7.39. The molecular formula is C20H20O. The summed E-state index contributed by atoms with van der Waals surface area (Å²) in [5.41, 5.74) is 6.90. The van der Waals surface area contributed by atoms with Crippen molar-refractivity contribution in [3.05, 3.63) is 76.9 Å². The van der Waals surface area contributed by atoms with Crippen LogP contribution < -0.4 is 4.74 Å². The third-order valence-corrected chi connectivity index (χ3v) is 4.05. The van der Waals surface area contributed by atoms with Crippen molar-refractivity contribution in [2.24, 2.45) is 0 Å². The maximum absolute atomic E-state index is 6.30. The number of allylic oxidation sites excluding steroid dienone is 2. The van der Waals surface area contributed by atoms with Crippen LogP contribution in [-0.4, -0.2) is 0 Å². The van der Waals surface area contributed by atoms with Gasteiger partial charge in [0.2, 0.25) is 0 Å². The lowest BCUT2D eigenvalue weighted by Gasteiger charge is -2.26. The van der Waals surface area contributed by atoms with Gasteiger partial charge in [-0.25, -0.2) is 0 Å². The van der Waals surface area contributed by atoms with Crippen molar-refractivity contribution < 1.29 is 4.74 Å². The van der Waals surface area contributed by atoms with E-state index in [4.69, 9.17) is 4.74 Å². The van der Waals surface area contributed by atoms with Crippen LogP contribution in [0.2, 0.25) is 0 Å². The van der Waals surface area contributed by atoms with E-state index >= 15 is 0 Å². The van der Waals surface area contributed by atoms with Crippen LogP contribution in [0.25, 0.3) is 11.3 Å². The zero-order chi connectivity index (χ0) is 15.0. The van der Waals surface area contributed by atoms with E-state index in [2.05, 4.69) is 51.6 Å². The maximum Gasteiger partial charge on any atom is 0.138 e. The van der Waals surface area contributed by atoms with Crippen LogP contribution in [0.3, 0.4) is 0 Å². The topological polar surface area (TPSA) is 9.23 Å². The average Bonchev–Trinajstić information content (AvgIpc) is 2.51. The molecule has 1 heterocycles. The van der Waals surface area contributed by atoms with Gasteiger partial charge < -0.3 is 4.74 Å². The van der Waals surface area contributed by atoms with E-state index in [9.17, 15) is 0 Å². The van der Waals surface area contributed by atoms with Crippen molar-refractivity contribution in [3.63, 3.8) is 0 Å². The van der Waals surface area contributed by atoms with Crippen molar-refractivity contribution in [1.82, 2.24) is 0 Å². The van der Waals surface area contributed by atoms with Gasteiger partial charge in [-0.15, -0.1) is 0 Å². The van der Waals surface area contributed by atoms with Crippen LogP contribution in [0.5, 0.6) is 5.75 Å². The zero-order valence-electron chi connectivity index (χ0n) is 12.9. The van der Waals surface area contributed by atoms with Crippen LogP contribution in [0.15, 0.2) is 54.6 Å². The lowest BCUT2D eigenvalue weighted by atomic mass is 9.90. The minimum Gasteiger partial charge on any atom is -0.455 e. The summed E-state index contributed by atoms with van der Waals surface area (Å²) < 4.78 is 6.30. The van der Waals surface area contributed by atoms with Crippen LogP contribution in [0.1, 0.15) is 36.1 Å². The third kappa shape index (κ3) is 2.29. The number of fused-ring (bicyclic) bond motifs is 1. The van der Waals surface area contributed by atoms with E-state index in [1.807, 2.05) is 18.2 Å². The molecule has 1 aliphatic rings. The molecular weight excluding hydrogens is 256 g/mol. The largest absolute Gasteiger partial charge is 0.455 e. The number of benzene rings is 2.